The highest BCUT2D eigenvalue weighted by Gasteiger charge is 2.48. The van der Waals surface area contributed by atoms with E-state index < -0.39 is 16.0 Å². The minimum atomic E-state index is -4.21. The Labute approximate surface area is 115 Å². The van der Waals surface area contributed by atoms with Crippen LogP contribution in [0, 0.1) is 0 Å². The van der Waals surface area contributed by atoms with E-state index in [0.717, 1.165) is 0 Å². The zero-order chi connectivity index (χ0) is 12.0. The normalized spacial score (nSPS) is 15.1. The van der Waals surface area contributed by atoms with Gasteiger partial charge in [0, 0.05) is 17.0 Å². The van der Waals surface area contributed by atoms with Crippen molar-refractivity contribution in [2.45, 2.75) is 5.51 Å². The van der Waals surface area contributed by atoms with Gasteiger partial charge in [-0.25, -0.2) is 0 Å². The molecule has 0 radical (unpaired) electrons. The minimum absolute atomic E-state index is 0. The van der Waals surface area contributed by atoms with Gasteiger partial charge in [-0.15, -0.1) is 13.2 Å². The van der Waals surface area contributed by atoms with Gasteiger partial charge in [0.05, 0.1) is 0 Å². The van der Waals surface area contributed by atoms with Crippen LogP contribution in [0.25, 0.3) is 15.7 Å². The summed E-state index contributed by atoms with van der Waals surface area (Å²) in [5, 5.41) is 0.685. The molecule has 0 saturated carbocycles. The minimum Gasteiger partial charge on any atom is -1.00 e. The summed E-state index contributed by atoms with van der Waals surface area (Å²) in [6, 6.07) is 8.38. The number of allylic oxidation sites excluding steroid dienone is 4. The first-order valence-electron chi connectivity index (χ1n) is 5.08. The average Bonchev–Trinajstić information content (AvgIpc) is 2.52. The second kappa shape index (κ2) is 4.55. The maximum Gasteiger partial charge on any atom is 0.601 e. The summed E-state index contributed by atoms with van der Waals surface area (Å²) in [6.07, 6.45) is 5.21. The first kappa shape index (κ1) is 13.4. The molecule has 3 rings (SSSR count). The van der Waals surface area contributed by atoms with Gasteiger partial charge in [-0.3, -0.25) is 0 Å². The van der Waals surface area contributed by atoms with Crippen LogP contribution in [0.4, 0.5) is 13.2 Å². The Balaban J connectivity index is 0.00000120. The lowest BCUT2D eigenvalue weighted by Crippen LogP contribution is -3.00. The van der Waals surface area contributed by atoms with Crippen LogP contribution in [-0.2, 0) is 5.51 Å². The van der Waals surface area contributed by atoms with Crippen LogP contribution in [0.3, 0.4) is 0 Å². The third kappa shape index (κ3) is 2.01. The summed E-state index contributed by atoms with van der Waals surface area (Å²) in [6.45, 7) is 0. The van der Waals surface area contributed by atoms with Crippen molar-refractivity contribution in [3.63, 3.8) is 0 Å². The number of thiophene rings is 1. The van der Waals surface area contributed by atoms with E-state index >= 15 is 0 Å². The van der Waals surface area contributed by atoms with Crippen molar-refractivity contribution in [1.82, 2.24) is 0 Å². The molecule has 18 heavy (non-hydrogen) atoms. The van der Waals surface area contributed by atoms with Gasteiger partial charge >= 0.3 is 5.51 Å². The Morgan fingerprint density at radius 3 is 2.28 bits per heavy atom. The number of alkyl halides is 3. The Morgan fingerprint density at radius 1 is 1.06 bits per heavy atom. The summed E-state index contributed by atoms with van der Waals surface area (Å²) >= 11 is 0. The molecule has 2 aromatic rings. The molecule has 1 aromatic carbocycles. The first-order chi connectivity index (χ1) is 8.07. The molecular formula is C13H8BrF3S. The zero-order valence-electron chi connectivity index (χ0n) is 9.04. The van der Waals surface area contributed by atoms with E-state index in [9.17, 15) is 13.2 Å². The monoisotopic (exact) mass is 332 g/mol. The van der Waals surface area contributed by atoms with Crippen LogP contribution in [-0.4, -0.2) is 0 Å². The van der Waals surface area contributed by atoms with E-state index in [2.05, 4.69) is 0 Å². The topological polar surface area (TPSA) is 0 Å². The largest absolute Gasteiger partial charge is 1.00 e. The van der Waals surface area contributed by atoms with Gasteiger partial charge < -0.3 is 17.0 Å². The molecule has 1 atom stereocenters. The molecule has 1 aliphatic carbocycles. The van der Waals surface area contributed by atoms with Crippen molar-refractivity contribution in [3.8, 4) is 0 Å². The van der Waals surface area contributed by atoms with Crippen LogP contribution in [0.15, 0.2) is 48.6 Å². The Morgan fingerprint density at radius 2 is 1.72 bits per heavy atom. The van der Waals surface area contributed by atoms with E-state index in [1.165, 1.54) is 0 Å². The molecular weight excluding hydrogens is 325 g/mol. The van der Waals surface area contributed by atoms with Gasteiger partial charge in [-0.1, -0.05) is 18.2 Å². The maximum absolute atomic E-state index is 13.1. The fourth-order valence-electron chi connectivity index (χ4n) is 1.91. The summed E-state index contributed by atoms with van der Waals surface area (Å²) < 4.78 is 39.8. The summed E-state index contributed by atoms with van der Waals surface area (Å²) in [5.74, 6) is 0. The molecule has 94 valence electrons. The second-order valence-corrected chi connectivity index (χ2v) is 5.73. The predicted molar refractivity (Wildman–Crippen MR) is 64.8 cm³/mol. The smallest absolute Gasteiger partial charge is 0.601 e. The fourth-order valence-corrected chi connectivity index (χ4v) is 3.84. The summed E-state index contributed by atoms with van der Waals surface area (Å²) in [5.41, 5.74) is -3.51. The Hall–Kier alpha value is -1.07. The SMILES string of the molecule is FC(F)(F)[s+]1c(C2=CC=C2)cc2ccccc21.[Br-]. The van der Waals surface area contributed by atoms with Gasteiger partial charge in [0.25, 0.3) is 0 Å². The maximum atomic E-state index is 13.1. The van der Waals surface area contributed by atoms with E-state index in [-0.39, 0.29) is 17.0 Å². The zero-order valence-corrected chi connectivity index (χ0v) is 11.4. The van der Waals surface area contributed by atoms with Crippen LogP contribution >= 0.6 is 10.5 Å². The van der Waals surface area contributed by atoms with Gasteiger partial charge in [0.15, 0.2) is 9.58 Å². The molecule has 0 saturated heterocycles. The molecule has 0 spiro atoms. The lowest BCUT2D eigenvalue weighted by atomic mass is 10.1. The van der Waals surface area contributed by atoms with Crippen LogP contribution < -0.4 is 17.0 Å². The lowest BCUT2D eigenvalue weighted by Gasteiger charge is -2.04. The molecule has 0 amide bonds. The number of hydrogen-bond acceptors (Lipinski definition) is 0. The molecule has 5 heteroatoms. The predicted octanol–water partition coefficient (Wildman–Crippen LogP) is 2.02. The average molecular weight is 333 g/mol. The third-order valence-corrected chi connectivity index (χ3v) is 4.78. The molecule has 0 aliphatic heterocycles. The quantitative estimate of drug-likeness (QED) is 0.701. The fraction of sp³-hybridized carbons (Fsp3) is 0.0769. The van der Waals surface area contributed by atoms with E-state index in [4.69, 9.17) is 0 Å². The number of rotatable bonds is 1. The van der Waals surface area contributed by atoms with E-state index in [1.54, 1.807) is 48.6 Å². The molecule has 0 nitrogen and oxygen atoms in total. The second-order valence-electron chi connectivity index (χ2n) is 3.78. The van der Waals surface area contributed by atoms with E-state index in [1.807, 2.05) is 0 Å². The molecule has 0 N–H and O–H groups in total. The van der Waals surface area contributed by atoms with Gasteiger partial charge in [-0.05, 0) is 24.3 Å². The number of fused-ring (bicyclic) bond motifs is 1. The van der Waals surface area contributed by atoms with Crippen LogP contribution in [0.2, 0.25) is 0 Å². The van der Waals surface area contributed by atoms with Crippen molar-refractivity contribution >= 4 is 26.1 Å². The molecule has 1 aromatic heterocycles. The standard InChI is InChI=1S/C13H8F3S.BrH/c14-13(15,16)17-11-7-2-1-4-10(11)8-12(17)9-5-3-6-9;/h1-8H;1H/q+1;/p-1. The van der Waals surface area contributed by atoms with Crippen LogP contribution in [0.1, 0.15) is 4.88 Å². The van der Waals surface area contributed by atoms with E-state index in [0.29, 0.717) is 20.5 Å². The highest BCUT2D eigenvalue weighted by atomic mass is 79.9. The van der Waals surface area contributed by atoms with Gasteiger partial charge in [0.1, 0.15) is 10.5 Å². The Kier molecular flexibility index (Phi) is 3.38. The molecule has 1 unspecified atom stereocenters. The molecule has 1 aliphatic rings. The summed E-state index contributed by atoms with van der Waals surface area (Å²) in [4.78, 5) is 0.390. The molecule has 0 bridgehead atoms. The first-order valence-corrected chi connectivity index (χ1v) is 6.30. The third-order valence-electron chi connectivity index (χ3n) is 2.71. The van der Waals surface area contributed by atoms with Gasteiger partial charge in [-0.2, -0.15) is 0 Å². The van der Waals surface area contributed by atoms with Crippen molar-refractivity contribution in [3.05, 3.63) is 53.4 Å². The lowest BCUT2D eigenvalue weighted by molar-refractivity contribution is -0.0866. The Bertz CT molecular complexity index is 650. The number of hydrogen-bond donors (Lipinski definition) is 0. The van der Waals surface area contributed by atoms with Crippen LogP contribution in [0.5, 0.6) is 0 Å². The number of benzene rings is 1. The van der Waals surface area contributed by atoms with Gasteiger partial charge in [0.2, 0.25) is 0 Å². The summed E-state index contributed by atoms with van der Waals surface area (Å²) in [7, 11) is -1.79. The highest BCUT2D eigenvalue weighted by molar-refractivity contribution is 7.39. The van der Waals surface area contributed by atoms with Crippen molar-refractivity contribution in [2.75, 3.05) is 0 Å². The number of halogens is 4. The van der Waals surface area contributed by atoms with Crippen molar-refractivity contribution in [2.24, 2.45) is 0 Å². The molecule has 1 heterocycles. The van der Waals surface area contributed by atoms with Crippen molar-refractivity contribution < 1.29 is 30.2 Å². The molecule has 0 fully saturated rings. The highest BCUT2D eigenvalue weighted by Crippen LogP contribution is 2.53. The van der Waals surface area contributed by atoms with Crippen molar-refractivity contribution in [1.29, 1.82) is 0 Å².